The Balaban J connectivity index is 1.58. The van der Waals surface area contributed by atoms with Gasteiger partial charge in [-0.15, -0.1) is 0 Å². The number of nitrogens with one attached hydrogen (secondary N) is 11. The molecule has 2 aromatic carbocycles. The first-order valence-electron chi connectivity index (χ1n) is 33.3. The zero-order chi connectivity index (χ0) is 73.1. The minimum atomic E-state index is -1.67. The molecule has 99 heavy (non-hydrogen) atoms. The largest absolute Gasteiger partial charge is 0.480 e. The highest BCUT2D eigenvalue weighted by atomic mass is 32.2. The quantitative estimate of drug-likeness (QED) is 0.0172. The summed E-state index contributed by atoms with van der Waals surface area (Å²) in [5.74, 6) is -11.7. The van der Waals surface area contributed by atoms with Crippen molar-refractivity contribution in [2.45, 2.75) is 183 Å². The van der Waals surface area contributed by atoms with E-state index in [1.807, 2.05) is 0 Å². The molecule has 0 aliphatic carbocycles. The molecule has 2 aromatic rings. The van der Waals surface area contributed by atoms with Crippen LogP contribution < -0.4 is 81.8 Å². The second-order valence-corrected chi connectivity index (χ2v) is 25.8. The smallest absolute Gasteiger partial charge is 0.326 e. The summed E-state index contributed by atoms with van der Waals surface area (Å²) in [6.07, 6.45) is 2.17. The number of hydrogen-bond donors (Lipinski definition) is 17. The van der Waals surface area contributed by atoms with E-state index in [1.54, 1.807) is 80.8 Å². The number of unbranched alkanes of at least 4 members (excludes halogenated alkanes) is 1. The summed E-state index contributed by atoms with van der Waals surface area (Å²) in [7, 11) is 0. The summed E-state index contributed by atoms with van der Waals surface area (Å²) in [5.41, 5.74) is 29.0. The summed E-state index contributed by atoms with van der Waals surface area (Å²) in [6, 6.07) is 3.62. The summed E-state index contributed by atoms with van der Waals surface area (Å²) in [5, 5.41) is 43.3. The second-order valence-electron chi connectivity index (χ2n) is 24.8. The summed E-state index contributed by atoms with van der Waals surface area (Å²) in [4.78, 5) is 194. The number of nitrogens with two attached hydrogens (primary N) is 5. The predicted octanol–water partition coefficient (Wildman–Crippen LogP) is -3.79. The third-order valence-electron chi connectivity index (χ3n) is 16.5. The molecule has 13 amide bonds. The molecule has 2 aliphatic heterocycles. The van der Waals surface area contributed by atoms with Crippen LogP contribution in [-0.4, -0.2) is 215 Å². The average Bonchev–Trinajstić information content (AvgIpc) is 1.73. The number of guanidine groups is 1. The molecule has 4 rings (SSSR count). The Labute approximate surface area is 579 Å². The highest BCUT2D eigenvalue weighted by molar-refractivity contribution is 7.98. The molecule has 2 fully saturated rings. The van der Waals surface area contributed by atoms with Crippen molar-refractivity contribution < 1.29 is 72.2 Å². The number of nitrogens with zero attached hydrogens (tertiary/aromatic N) is 2. The number of aliphatic carboxylic acids is 1. The van der Waals surface area contributed by atoms with Gasteiger partial charge in [0.1, 0.15) is 60.4 Å². The minimum absolute atomic E-state index is 0.0352. The molecule has 2 saturated heterocycles. The van der Waals surface area contributed by atoms with Crippen LogP contribution in [0.25, 0.3) is 0 Å². The van der Waals surface area contributed by atoms with E-state index in [-0.39, 0.29) is 89.4 Å². The van der Waals surface area contributed by atoms with Gasteiger partial charge in [0.2, 0.25) is 76.8 Å². The molecule has 34 heteroatoms. The number of carboxylic acid groups (broad SMARTS) is 1. The van der Waals surface area contributed by atoms with E-state index >= 15 is 0 Å². The Bertz CT molecular complexity index is 3100. The molecular formula is C65H100N18O15S. The monoisotopic (exact) mass is 1400 g/mol. The standard InChI is InChI=1S/C65H100N18O15S/c1-38(2)33-46(58(91)79-45(64(97)98)27-32-99-3)75-54(87)37-73-55(88)47(34-39-15-6-4-7-16-39)80-59(92)48(35-40-17-8-5-9-18-40)81-57(90)41(23-25-51(68)84)76-56(89)42(24-26-52(69)85)77-60(93)49-21-13-31-83(49)63(96)44(19-10-11-28-66)78-61(94)50-22-14-30-82(50)62(95)43(74-53(86)36-67)20-12-29-72-65(70)71/h4-9,15-18,38,41-50H,10-14,19-37,66-67H2,1-3H3,(H2,68,84)(H2,69,85)(H,73,88)(H,74,86)(H,75,87)(H,76,89)(H,77,93)(H,78,94)(H,79,91)(H,80,92)(H,81,90)(H,97,98)(H4,70,71,72)/t41-,42-,43-,44-,45-,46-,47-,48-,49-,50-/m0/s1. The summed E-state index contributed by atoms with van der Waals surface area (Å²) < 4.78 is 0. The molecule has 0 spiro atoms. The number of carboxylic acids is 1. The van der Waals surface area contributed by atoms with Crippen LogP contribution in [0.1, 0.15) is 121 Å². The fraction of sp³-hybridized carbons (Fsp3) is 0.585. The van der Waals surface area contributed by atoms with Gasteiger partial charge in [0.15, 0.2) is 5.96 Å². The van der Waals surface area contributed by atoms with Gasteiger partial charge < -0.3 is 96.7 Å². The zero-order valence-electron chi connectivity index (χ0n) is 56.4. The number of benzene rings is 2. The second kappa shape index (κ2) is 43.1. The first-order valence-corrected chi connectivity index (χ1v) is 34.7. The van der Waals surface area contributed by atoms with Crippen LogP contribution >= 0.6 is 11.8 Å². The minimum Gasteiger partial charge on any atom is -0.480 e. The molecule has 0 saturated carbocycles. The van der Waals surface area contributed by atoms with Gasteiger partial charge >= 0.3 is 5.97 Å². The first-order chi connectivity index (χ1) is 47.2. The number of primary amides is 2. The lowest BCUT2D eigenvalue weighted by Crippen LogP contribution is -2.60. The van der Waals surface area contributed by atoms with E-state index in [0.717, 1.165) is 0 Å². The maximum absolute atomic E-state index is 14.7. The first kappa shape index (κ1) is 82.0. The van der Waals surface area contributed by atoms with Crippen LogP contribution in [0.4, 0.5) is 0 Å². The van der Waals surface area contributed by atoms with Gasteiger partial charge in [-0.3, -0.25) is 67.7 Å². The van der Waals surface area contributed by atoms with Gasteiger partial charge in [-0.2, -0.15) is 11.8 Å². The molecule has 0 radical (unpaired) electrons. The van der Waals surface area contributed by atoms with E-state index in [4.69, 9.17) is 34.1 Å². The maximum atomic E-state index is 14.7. The van der Waals surface area contributed by atoms with Gasteiger partial charge in [-0.1, -0.05) is 74.5 Å². The number of carbonyl (C=O) groups is 14. The Kier molecular flexibility index (Phi) is 35.7. The van der Waals surface area contributed by atoms with Gasteiger partial charge in [-0.05, 0) is 119 Å². The molecule has 33 nitrogen and oxygen atoms in total. The van der Waals surface area contributed by atoms with Gasteiger partial charge in [0.05, 0.1) is 13.1 Å². The fourth-order valence-electron chi connectivity index (χ4n) is 11.4. The number of carbonyl (C=O) groups excluding carboxylic acids is 13. The van der Waals surface area contributed by atoms with Crippen LogP contribution in [0, 0.1) is 11.3 Å². The highest BCUT2D eigenvalue weighted by Crippen LogP contribution is 2.24. The van der Waals surface area contributed by atoms with Crippen molar-refractivity contribution >= 4 is 100 Å². The number of thioether (sulfide) groups is 1. The third-order valence-corrected chi connectivity index (χ3v) is 17.1. The number of rotatable bonds is 44. The van der Waals surface area contributed by atoms with Crippen molar-refractivity contribution in [3.8, 4) is 0 Å². The van der Waals surface area contributed by atoms with Gasteiger partial charge in [-0.25, -0.2) is 4.79 Å². The van der Waals surface area contributed by atoms with Crippen molar-refractivity contribution in [2.75, 3.05) is 51.3 Å². The van der Waals surface area contributed by atoms with E-state index in [0.29, 0.717) is 49.0 Å². The van der Waals surface area contributed by atoms with Crippen LogP contribution in [0.3, 0.4) is 0 Å². The Morgan fingerprint density at radius 3 is 1.44 bits per heavy atom. The molecule has 10 atom stereocenters. The molecular weight excluding hydrogens is 1300 g/mol. The molecule has 2 heterocycles. The molecule has 0 aromatic heterocycles. The lowest BCUT2D eigenvalue weighted by Gasteiger charge is -2.32. The normalized spacial score (nSPS) is 16.5. The van der Waals surface area contributed by atoms with Crippen molar-refractivity contribution in [1.82, 2.24) is 63.0 Å². The molecule has 2 aliphatic rings. The van der Waals surface area contributed by atoms with Crippen molar-refractivity contribution in [3.63, 3.8) is 0 Å². The lowest BCUT2D eigenvalue weighted by atomic mass is 10.0. The zero-order valence-corrected chi connectivity index (χ0v) is 57.3. The lowest BCUT2D eigenvalue weighted by molar-refractivity contribution is -0.144. The third kappa shape index (κ3) is 28.9. The maximum Gasteiger partial charge on any atom is 0.326 e. The van der Waals surface area contributed by atoms with Gasteiger partial charge in [0, 0.05) is 45.3 Å². The van der Waals surface area contributed by atoms with Crippen LogP contribution in [-0.2, 0) is 80.0 Å². The van der Waals surface area contributed by atoms with Gasteiger partial charge in [0.25, 0.3) is 0 Å². The van der Waals surface area contributed by atoms with Crippen LogP contribution in [0.15, 0.2) is 60.7 Å². The molecule has 22 N–H and O–H groups in total. The Hall–Kier alpha value is -9.44. The average molecular weight is 1410 g/mol. The van der Waals surface area contributed by atoms with E-state index in [1.165, 1.54) is 21.6 Å². The van der Waals surface area contributed by atoms with Crippen molar-refractivity contribution in [2.24, 2.45) is 34.6 Å². The highest BCUT2D eigenvalue weighted by Gasteiger charge is 2.43. The van der Waals surface area contributed by atoms with E-state index in [2.05, 4.69) is 53.2 Å². The molecule has 0 bridgehead atoms. The van der Waals surface area contributed by atoms with E-state index < -0.39 is 182 Å². The van der Waals surface area contributed by atoms with Crippen LogP contribution in [0.2, 0.25) is 0 Å². The number of amides is 13. The van der Waals surface area contributed by atoms with Crippen molar-refractivity contribution in [3.05, 3.63) is 71.8 Å². The van der Waals surface area contributed by atoms with E-state index in [9.17, 15) is 72.2 Å². The summed E-state index contributed by atoms with van der Waals surface area (Å²) in [6.45, 7) is 3.16. The SMILES string of the molecule is CSCC[C@H](NC(=O)[C@H](CC(C)C)NC(=O)CNC(=O)[C@H](Cc1ccccc1)NC(=O)[C@H](Cc1ccccc1)NC(=O)[C@H](CCC(N)=O)NC(=O)[C@H](CCC(N)=O)NC(=O)[C@@H]1CCCN1C(=O)[C@H](CCCCN)NC(=O)[C@@H]1CCCN1C(=O)[C@H](CCCNC(=N)N)NC(=O)CN)C(=O)O. The summed E-state index contributed by atoms with van der Waals surface area (Å²) >= 11 is 1.39. The Morgan fingerprint density at radius 2 is 0.970 bits per heavy atom. The molecule has 0 unspecified atom stereocenters. The Morgan fingerprint density at radius 1 is 0.525 bits per heavy atom. The molecule has 546 valence electrons. The number of hydrogen-bond acceptors (Lipinski definition) is 18. The number of likely N-dealkylation sites (tertiary alicyclic amines) is 2. The van der Waals surface area contributed by atoms with Crippen molar-refractivity contribution in [1.29, 1.82) is 5.41 Å². The van der Waals surface area contributed by atoms with Crippen LogP contribution in [0.5, 0.6) is 0 Å². The predicted molar refractivity (Wildman–Crippen MR) is 366 cm³/mol. The topological polar surface area (TPSA) is 540 Å². The fourth-order valence-corrected chi connectivity index (χ4v) is 11.9.